The third-order valence-corrected chi connectivity index (χ3v) is 1.86. The van der Waals surface area contributed by atoms with Crippen molar-refractivity contribution in [2.24, 2.45) is 0 Å². The molecule has 0 unspecified atom stereocenters. The van der Waals surface area contributed by atoms with Gasteiger partial charge in [-0.1, -0.05) is 0 Å². The molecule has 11 heavy (non-hydrogen) atoms. The van der Waals surface area contributed by atoms with Crippen LogP contribution in [0, 0.1) is 11.3 Å². The molecule has 0 aliphatic heterocycles. The number of hydrogen-bond donors (Lipinski definition) is 1. The van der Waals surface area contributed by atoms with Crippen molar-refractivity contribution in [3.05, 3.63) is 17.7 Å². The lowest BCUT2D eigenvalue weighted by molar-refractivity contribution is 0.448. The van der Waals surface area contributed by atoms with Gasteiger partial charge in [0.05, 0.1) is 5.56 Å². The van der Waals surface area contributed by atoms with Crippen molar-refractivity contribution in [1.82, 2.24) is 4.98 Å². The molecule has 1 aromatic rings. The monoisotopic (exact) mass is 166 g/mol. The first kappa shape index (κ1) is 7.89. The van der Waals surface area contributed by atoms with E-state index in [0.717, 1.165) is 0 Å². The summed E-state index contributed by atoms with van der Waals surface area (Å²) < 4.78 is 0. The number of nitriles is 1. The Balaban J connectivity index is 3.19. The summed E-state index contributed by atoms with van der Waals surface area (Å²) in [5.41, 5.74) is 0.496. The van der Waals surface area contributed by atoms with Crippen molar-refractivity contribution in [1.29, 1.82) is 5.26 Å². The third-order valence-electron chi connectivity index (χ3n) is 1.16. The van der Waals surface area contributed by atoms with Gasteiger partial charge < -0.3 is 5.11 Å². The maximum absolute atomic E-state index is 8.93. The van der Waals surface area contributed by atoms with Gasteiger partial charge >= 0.3 is 0 Å². The fourth-order valence-corrected chi connectivity index (χ4v) is 1.19. The highest BCUT2D eigenvalue weighted by atomic mass is 32.2. The lowest BCUT2D eigenvalue weighted by Gasteiger charge is -1.97. The molecular weight excluding hydrogens is 160 g/mol. The quantitative estimate of drug-likeness (QED) is 0.640. The zero-order chi connectivity index (χ0) is 8.27. The predicted molar refractivity (Wildman–Crippen MR) is 42.4 cm³/mol. The smallest absolute Gasteiger partial charge is 0.211 e. The number of rotatable bonds is 1. The Labute approximate surface area is 68.7 Å². The Morgan fingerprint density at radius 3 is 2.91 bits per heavy atom. The van der Waals surface area contributed by atoms with Gasteiger partial charge in [0.25, 0.3) is 0 Å². The molecule has 0 bridgehead atoms. The molecule has 1 rings (SSSR count). The SMILES string of the molecule is CSc1nc(O)ccc1C#N. The molecule has 0 atom stereocenters. The highest BCUT2D eigenvalue weighted by Gasteiger charge is 2.01. The number of aromatic nitrogens is 1. The van der Waals surface area contributed by atoms with Crippen LogP contribution in [0.5, 0.6) is 5.88 Å². The minimum Gasteiger partial charge on any atom is -0.493 e. The zero-order valence-corrected chi connectivity index (χ0v) is 6.72. The second-order valence-electron chi connectivity index (χ2n) is 1.84. The van der Waals surface area contributed by atoms with Gasteiger partial charge in [0.15, 0.2) is 0 Å². The van der Waals surface area contributed by atoms with Crippen molar-refractivity contribution >= 4 is 11.8 Å². The largest absolute Gasteiger partial charge is 0.493 e. The van der Waals surface area contributed by atoms with Crippen LogP contribution in [0.1, 0.15) is 5.56 Å². The van der Waals surface area contributed by atoms with Crippen LogP contribution < -0.4 is 0 Å². The molecule has 0 fully saturated rings. The molecule has 0 spiro atoms. The van der Waals surface area contributed by atoms with Gasteiger partial charge in [0.1, 0.15) is 11.1 Å². The number of hydrogen-bond acceptors (Lipinski definition) is 4. The van der Waals surface area contributed by atoms with E-state index in [1.54, 1.807) is 6.07 Å². The van der Waals surface area contributed by atoms with E-state index in [2.05, 4.69) is 4.98 Å². The summed E-state index contributed by atoms with van der Waals surface area (Å²) in [4.78, 5) is 3.76. The lowest BCUT2D eigenvalue weighted by atomic mass is 10.3. The average molecular weight is 166 g/mol. The molecule has 1 aromatic heterocycles. The van der Waals surface area contributed by atoms with E-state index in [-0.39, 0.29) is 5.88 Å². The van der Waals surface area contributed by atoms with Gasteiger partial charge in [0, 0.05) is 6.07 Å². The average Bonchev–Trinajstić information content (AvgIpc) is 2.04. The molecule has 1 heterocycles. The molecule has 0 aliphatic rings. The molecule has 0 saturated heterocycles. The summed E-state index contributed by atoms with van der Waals surface area (Å²) in [5, 5.41) is 18.0. The molecule has 4 heteroatoms. The van der Waals surface area contributed by atoms with E-state index >= 15 is 0 Å². The Bertz CT molecular complexity index is 306. The lowest BCUT2D eigenvalue weighted by Crippen LogP contribution is -1.84. The first-order valence-electron chi connectivity index (χ1n) is 2.92. The van der Waals surface area contributed by atoms with Crippen LogP contribution >= 0.6 is 11.8 Å². The van der Waals surface area contributed by atoms with Crippen molar-refractivity contribution in [2.75, 3.05) is 6.26 Å². The van der Waals surface area contributed by atoms with Crippen LogP contribution in [0.3, 0.4) is 0 Å². The molecular formula is C7H6N2OS. The Morgan fingerprint density at radius 1 is 1.64 bits per heavy atom. The van der Waals surface area contributed by atoms with Crippen LogP contribution in [0.4, 0.5) is 0 Å². The molecule has 0 saturated carbocycles. The molecule has 0 radical (unpaired) electrons. The Kier molecular flexibility index (Phi) is 2.34. The standard InChI is InChI=1S/C7H6N2OS/c1-11-7-5(4-8)2-3-6(10)9-7/h2-3H,1H3,(H,9,10). The van der Waals surface area contributed by atoms with Crippen LogP contribution in [-0.4, -0.2) is 16.3 Å². The molecule has 1 N–H and O–H groups in total. The first-order chi connectivity index (χ1) is 5.27. The summed E-state index contributed by atoms with van der Waals surface area (Å²) in [5.74, 6) is -0.0478. The Hall–Kier alpha value is -1.21. The number of nitrogens with zero attached hydrogens (tertiary/aromatic N) is 2. The predicted octanol–water partition coefficient (Wildman–Crippen LogP) is 1.38. The minimum atomic E-state index is -0.0478. The Morgan fingerprint density at radius 2 is 2.36 bits per heavy atom. The van der Waals surface area contributed by atoms with Crippen molar-refractivity contribution in [2.45, 2.75) is 5.03 Å². The summed E-state index contributed by atoms with van der Waals surface area (Å²) in [6.07, 6.45) is 1.81. The zero-order valence-electron chi connectivity index (χ0n) is 5.90. The number of thioether (sulfide) groups is 1. The molecule has 3 nitrogen and oxygen atoms in total. The van der Waals surface area contributed by atoms with E-state index in [1.165, 1.54) is 17.8 Å². The second-order valence-corrected chi connectivity index (χ2v) is 2.63. The van der Waals surface area contributed by atoms with E-state index in [4.69, 9.17) is 10.4 Å². The summed E-state index contributed by atoms with van der Waals surface area (Å²) in [6.45, 7) is 0. The number of aromatic hydroxyl groups is 1. The van der Waals surface area contributed by atoms with E-state index in [0.29, 0.717) is 10.6 Å². The van der Waals surface area contributed by atoms with E-state index in [9.17, 15) is 0 Å². The van der Waals surface area contributed by atoms with Crippen LogP contribution in [0.25, 0.3) is 0 Å². The number of pyridine rings is 1. The van der Waals surface area contributed by atoms with Gasteiger partial charge in [-0.05, 0) is 12.3 Å². The van der Waals surface area contributed by atoms with Gasteiger partial charge in [-0.3, -0.25) is 0 Å². The van der Waals surface area contributed by atoms with Gasteiger partial charge in [0.2, 0.25) is 5.88 Å². The van der Waals surface area contributed by atoms with Gasteiger partial charge in [-0.25, -0.2) is 4.98 Å². The van der Waals surface area contributed by atoms with Gasteiger partial charge in [-0.15, -0.1) is 11.8 Å². The normalized spacial score (nSPS) is 9.09. The first-order valence-corrected chi connectivity index (χ1v) is 4.14. The van der Waals surface area contributed by atoms with Crippen LogP contribution in [0.2, 0.25) is 0 Å². The van der Waals surface area contributed by atoms with Gasteiger partial charge in [-0.2, -0.15) is 5.26 Å². The van der Waals surface area contributed by atoms with Crippen LogP contribution in [-0.2, 0) is 0 Å². The van der Waals surface area contributed by atoms with Crippen molar-refractivity contribution < 1.29 is 5.11 Å². The van der Waals surface area contributed by atoms with E-state index in [1.807, 2.05) is 12.3 Å². The minimum absolute atomic E-state index is 0.0478. The van der Waals surface area contributed by atoms with Crippen LogP contribution in [0.15, 0.2) is 17.2 Å². The molecule has 0 amide bonds. The maximum atomic E-state index is 8.93. The van der Waals surface area contributed by atoms with Crippen molar-refractivity contribution in [3.63, 3.8) is 0 Å². The highest BCUT2D eigenvalue weighted by Crippen LogP contribution is 2.19. The maximum Gasteiger partial charge on any atom is 0.211 e. The summed E-state index contributed by atoms with van der Waals surface area (Å²) >= 11 is 1.34. The van der Waals surface area contributed by atoms with Crippen molar-refractivity contribution in [3.8, 4) is 11.9 Å². The molecule has 0 aliphatic carbocycles. The fraction of sp³-hybridized carbons (Fsp3) is 0.143. The third kappa shape index (κ3) is 1.63. The highest BCUT2D eigenvalue weighted by molar-refractivity contribution is 7.98. The summed E-state index contributed by atoms with van der Waals surface area (Å²) in [6, 6.07) is 4.93. The molecule has 0 aromatic carbocycles. The van der Waals surface area contributed by atoms with E-state index < -0.39 is 0 Å². The molecule has 56 valence electrons. The fourth-order valence-electron chi connectivity index (χ4n) is 0.671. The summed E-state index contributed by atoms with van der Waals surface area (Å²) in [7, 11) is 0. The second kappa shape index (κ2) is 3.26. The topological polar surface area (TPSA) is 56.9 Å².